The molecule has 2 aromatic carbocycles. The van der Waals surface area contributed by atoms with Gasteiger partial charge in [0.25, 0.3) is 0 Å². The molecule has 0 heterocycles. The van der Waals surface area contributed by atoms with Gasteiger partial charge in [-0.25, -0.2) is 0 Å². The number of nitrogens with zero attached hydrogens (tertiary/aromatic N) is 1. The van der Waals surface area contributed by atoms with Gasteiger partial charge in [-0.3, -0.25) is 4.90 Å². The van der Waals surface area contributed by atoms with Crippen LogP contribution in [0.4, 0.5) is 0 Å². The molecule has 5 heteroatoms. The van der Waals surface area contributed by atoms with E-state index in [2.05, 4.69) is 30.9 Å². The van der Waals surface area contributed by atoms with Gasteiger partial charge in [-0.1, -0.05) is 26.0 Å². The molecule has 0 aliphatic carbocycles. The molecule has 0 spiro atoms. The third kappa shape index (κ3) is 7.49. The lowest BCUT2D eigenvalue weighted by Gasteiger charge is -2.27. The highest BCUT2D eigenvalue weighted by molar-refractivity contribution is 5.31. The molecule has 27 heavy (non-hydrogen) atoms. The Bertz CT molecular complexity index is 655. The van der Waals surface area contributed by atoms with Gasteiger partial charge in [0.05, 0.1) is 14.2 Å². The highest BCUT2D eigenvalue weighted by Gasteiger charge is 2.15. The highest BCUT2D eigenvalue weighted by Crippen LogP contribution is 2.18. The smallest absolute Gasteiger partial charge is 0.119 e. The second kappa shape index (κ2) is 10.8. The lowest BCUT2D eigenvalue weighted by Crippen LogP contribution is -2.37. The Morgan fingerprint density at radius 1 is 0.815 bits per heavy atom. The first-order valence-electron chi connectivity index (χ1n) is 9.30. The lowest BCUT2D eigenvalue weighted by molar-refractivity contribution is 0.0615. The summed E-state index contributed by atoms with van der Waals surface area (Å²) in [6.45, 7) is 6.86. The van der Waals surface area contributed by atoms with E-state index in [-0.39, 0.29) is 6.61 Å². The fourth-order valence-electron chi connectivity index (χ4n) is 2.92. The summed E-state index contributed by atoms with van der Waals surface area (Å²) in [5, 5.41) is 10.4. The Hall–Kier alpha value is -2.24. The zero-order valence-corrected chi connectivity index (χ0v) is 16.7. The molecule has 0 saturated carbocycles. The van der Waals surface area contributed by atoms with Crippen molar-refractivity contribution in [1.82, 2.24) is 4.90 Å². The van der Waals surface area contributed by atoms with E-state index in [9.17, 15) is 5.11 Å². The van der Waals surface area contributed by atoms with Gasteiger partial charge in [-0.05, 0) is 47.9 Å². The molecule has 0 unspecified atom stereocenters. The highest BCUT2D eigenvalue weighted by atomic mass is 16.5. The number of hydrogen-bond donors (Lipinski definition) is 1. The predicted molar refractivity (Wildman–Crippen MR) is 108 cm³/mol. The fourth-order valence-corrected chi connectivity index (χ4v) is 2.92. The second-order valence-electron chi connectivity index (χ2n) is 7.08. The molecule has 148 valence electrons. The molecule has 0 aliphatic heterocycles. The molecule has 0 fully saturated rings. The van der Waals surface area contributed by atoms with Gasteiger partial charge in [-0.2, -0.15) is 0 Å². The molecule has 0 radical (unpaired) electrons. The summed E-state index contributed by atoms with van der Waals surface area (Å²) in [5.41, 5.74) is 1.19. The summed E-state index contributed by atoms with van der Waals surface area (Å²) in [6, 6.07) is 15.4. The maximum Gasteiger partial charge on any atom is 0.119 e. The molecule has 5 nitrogen and oxygen atoms in total. The van der Waals surface area contributed by atoms with E-state index in [0.717, 1.165) is 30.3 Å². The van der Waals surface area contributed by atoms with E-state index < -0.39 is 6.10 Å². The average Bonchev–Trinajstić information content (AvgIpc) is 2.67. The minimum atomic E-state index is -0.566. The molecule has 0 saturated heterocycles. The average molecular weight is 373 g/mol. The van der Waals surface area contributed by atoms with Crippen molar-refractivity contribution in [2.75, 3.05) is 33.9 Å². The standard InChI is InChI=1S/C22H31NO4/c1-17(2)13-23(14-18-5-7-20(25-3)8-6-18)15-19(24)16-27-22-11-9-21(26-4)10-12-22/h5-12,17,19,24H,13-16H2,1-4H3/t19-/m0/s1. The van der Waals surface area contributed by atoms with Crippen LogP contribution in [0, 0.1) is 5.92 Å². The molecule has 0 bridgehead atoms. The van der Waals surface area contributed by atoms with Gasteiger partial charge in [0, 0.05) is 19.6 Å². The molecule has 1 N–H and O–H groups in total. The SMILES string of the molecule is COc1ccc(CN(CC(C)C)C[C@H](O)COc2ccc(OC)cc2)cc1. The van der Waals surface area contributed by atoms with Crippen molar-refractivity contribution in [3.63, 3.8) is 0 Å². The quantitative estimate of drug-likeness (QED) is 0.652. The minimum Gasteiger partial charge on any atom is -0.497 e. The van der Waals surface area contributed by atoms with Crippen LogP contribution in [0.15, 0.2) is 48.5 Å². The fraction of sp³-hybridized carbons (Fsp3) is 0.455. The first-order valence-corrected chi connectivity index (χ1v) is 9.30. The summed E-state index contributed by atoms with van der Waals surface area (Å²) < 4.78 is 16.1. The van der Waals surface area contributed by atoms with E-state index in [0.29, 0.717) is 12.5 Å². The van der Waals surface area contributed by atoms with Crippen LogP contribution in [-0.4, -0.2) is 50.0 Å². The molecular formula is C22H31NO4. The monoisotopic (exact) mass is 373 g/mol. The number of aliphatic hydroxyl groups excluding tert-OH is 1. The van der Waals surface area contributed by atoms with Gasteiger partial charge in [-0.15, -0.1) is 0 Å². The van der Waals surface area contributed by atoms with E-state index in [1.54, 1.807) is 14.2 Å². The zero-order valence-electron chi connectivity index (χ0n) is 16.7. The molecule has 1 atom stereocenters. The summed E-state index contributed by atoms with van der Waals surface area (Å²) in [5.74, 6) is 2.87. The number of hydrogen-bond acceptors (Lipinski definition) is 5. The summed E-state index contributed by atoms with van der Waals surface area (Å²) >= 11 is 0. The Kier molecular flexibility index (Phi) is 8.43. The number of rotatable bonds is 11. The predicted octanol–water partition coefficient (Wildman–Crippen LogP) is 3.60. The van der Waals surface area contributed by atoms with E-state index in [4.69, 9.17) is 14.2 Å². The van der Waals surface area contributed by atoms with Gasteiger partial charge in [0.1, 0.15) is 30.0 Å². The van der Waals surface area contributed by atoms with Crippen LogP contribution in [0.5, 0.6) is 17.2 Å². The Balaban J connectivity index is 1.88. The first-order chi connectivity index (χ1) is 13.0. The molecule has 0 aromatic heterocycles. The van der Waals surface area contributed by atoms with Crippen molar-refractivity contribution in [3.05, 3.63) is 54.1 Å². The summed E-state index contributed by atoms with van der Waals surface area (Å²) in [4.78, 5) is 2.26. The van der Waals surface area contributed by atoms with E-state index in [1.807, 2.05) is 36.4 Å². The summed E-state index contributed by atoms with van der Waals surface area (Å²) in [7, 11) is 3.30. The zero-order chi connectivity index (χ0) is 19.6. The third-order valence-electron chi connectivity index (χ3n) is 4.16. The van der Waals surface area contributed by atoms with Crippen molar-refractivity contribution in [2.24, 2.45) is 5.92 Å². The molecule has 0 amide bonds. The van der Waals surface area contributed by atoms with Crippen LogP contribution in [-0.2, 0) is 6.54 Å². The molecule has 2 rings (SSSR count). The van der Waals surface area contributed by atoms with Crippen LogP contribution in [0.25, 0.3) is 0 Å². The van der Waals surface area contributed by atoms with E-state index >= 15 is 0 Å². The van der Waals surface area contributed by atoms with E-state index in [1.165, 1.54) is 5.56 Å². The Morgan fingerprint density at radius 2 is 1.33 bits per heavy atom. The van der Waals surface area contributed by atoms with Crippen LogP contribution in [0.2, 0.25) is 0 Å². The van der Waals surface area contributed by atoms with Crippen molar-refractivity contribution in [1.29, 1.82) is 0 Å². The Labute approximate surface area is 162 Å². The van der Waals surface area contributed by atoms with Crippen LogP contribution >= 0.6 is 0 Å². The maximum atomic E-state index is 10.4. The van der Waals surface area contributed by atoms with Crippen molar-refractivity contribution < 1.29 is 19.3 Å². The maximum absolute atomic E-state index is 10.4. The minimum absolute atomic E-state index is 0.254. The molecule has 0 aliphatic rings. The van der Waals surface area contributed by atoms with Gasteiger partial charge in [0.15, 0.2) is 0 Å². The molecular weight excluding hydrogens is 342 g/mol. The van der Waals surface area contributed by atoms with Crippen LogP contribution in [0.3, 0.4) is 0 Å². The first kappa shape index (κ1) is 21.1. The number of ether oxygens (including phenoxy) is 3. The topological polar surface area (TPSA) is 51.2 Å². The van der Waals surface area contributed by atoms with Crippen LogP contribution < -0.4 is 14.2 Å². The third-order valence-corrected chi connectivity index (χ3v) is 4.16. The summed E-state index contributed by atoms with van der Waals surface area (Å²) in [6.07, 6.45) is -0.566. The van der Waals surface area contributed by atoms with Crippen molar-refractivity contribution in [3.8, 4) is 17.2 Å². The van der Waals surface area contributed by atoms with Crippen molar-refractivity contribution in [2.45, 2.75) is 26.5 Å². The molecule has 2 aromatic rings. The number of aliphatic hydroxyl groups is 1. The van der Waals surface area contributed by atoms with Crippen molar-refractivity contribution >= 4 is 0 Å². The number of methoxy groups -OCH3 is 2. The van der Waals surface area contributed by atoms with Gasteiger partial charge in [0.2, 0.25) is 0 Å². The Morgan fingerprint density at radius 3 is 1.85 bits per heavy atom. The largest absolute Gasteiger partial charge is 0.497 e. The van der Waals surface area contributed by atoms with Gasteiger partial charge >= 0.3 is 0 Å². The van der Waals surface area contributed by atoms with Gasteiger partial charge < -0.3 is 19.3 Å². The van der Waals surface area contributed by atoms with Crippen LogP contribution in [0.1, 0.15) is 19.4 Å². The lowest BCUT2D eigenvalue weighted by atomic mass is 10.1. The number of benzene rings is 2. The second-order valence-corrected chi connectivity index (χ2v) is 7.08. The normalized spacial score (nSPS) is 12.3.